The van der Waals surface area contributed by atoms with Crippen molar-refractivity contribution >= 4 is 0 Å². The molecular weight excluding hydrogens is 185 g/mol. The number of hydrogen-bond acceptors (Lipinski definition) is 0. The molecule has 1 heteroatoms. The van der Waals surface area contributed by atoms with Crippen molar-refractivity contribution < 1.29 is 32.7 Å². The molecule has 0 atom stereocenters. The van der Waals surface area contributed by atoms with Gasteiger partial charge in [0.15, 0.2) is 0 Å². The largest absolute Gasteiger partial charge is 0.364 e. The Bertz CT molecular complexity index is 80.7. The summed E-state index contributed by atoms with van der Waals surface area (Å²) >= 11 is 0. The molecule has 0 aliphatic heterocycles. The van der Waals surface area contributed by atoms with E-state index in [1.54, 1.807) is 0 Å². The molecule has 0 unspecified atom stereocenters. The first kappa shape index (κ1) is 12.3. The van der Waals surface area contributed by atoms with Crippen molar-refractivity contribution in [2.45, 2.75) is 27.7 Å². The summed E-state index contributed by atoms with van der Waals surface area (Å²) in [6, 6.07) is 0. The zero-order valence-electron chi connectivity index (χ0n) is 6.73. The molecule has 0 aromatic heterocycles. The molecule has 0 saturated heterocycles. The topological polar surface area (TPSA) is 0 Å². The van der Waals surface area contributed by atoms with Crippen LogP contribution in [0.1, 0.15) is 27.7 Å². The summed E-state index contributed by atoms with van der Waals surface area (Å²) in [5, 5.41) is 0. The van der Waals surface area contributed by atoms with Gasteiger partial charge in [0.25, 0.3) is 0 Å². The Kier molecular flexibility index (Phi) is 9.14. The van der Waals surface area contributed by atoms with Gasteiger partial charge in [-0.3, -0.25) is 0 Å². The van der Waals surface area contributed by atoms with E-state index in [4.69, 9.17) is 0 Å². The second kappa shape index (κ2) is 6.70. The molecular formula is C8H14Y-2. The van der Waals surface area contributed by atoms with E-state index in [1.807, 2.05) is 0 Å². The first-order valence-corrected chi connectivity index (χ1v) is 2.98. The SMILES string of the molecule is C[CH-]/C(C)=C(/C)[CH-]C.[Y]. The van der Waals surface area contributed by atoms with Gasteiger partial charge in [-0.25, -0.2) is 0 Å². The molecule has 0 nitrogen and oxygen atoms in total. The van der Waals surface area contributed by atoms with Crippen LogP contribution in [0.2, 0.25) is 0 Å². The van der Waals surface area contributed by atoms with Crippen LogP contribution >= 0.6 is 0 Å². The molecule has 0 fully saturated rings. The Morgan fingerprint density at radius 2 is 1.11 bits per heavy atom. The molecule has 0 saturated carbocycles. The summed E-state index contributed by atoms with van der Waals surface area (Å²) in [5.74, 6) is 0. The van der Waals surface area contributed by atoms with E-state index in [0.29, 0.717) is 0 Å². The molecule has 9 heavy (non-hydrogen) atoms. The predicted octanol–water partition coefficient (Wildman–Crippen LogP) is 2.77. The van der Waals surface area contributed by atoms with Gasteiger partial charge in [0, 0.05) is 32.7 Å². The van der Waals surface area contributed by atoms with Gasteiger partial charge < -0.3 is 24.0 Å². The summed E-state index contributed by atoms with van der Waals surface area (Å²) < 4.78 is 0. The van der Waals surface area contributed by atoms with Crippen LogP contribution in [0.5, 0.6) is 0 Å². The maximum atomic E-state index is 2.12. The average molecular weight is 199 g/mol. The second-order valence-electron chi connectivity index (χ2n) is 1.94. The molecule has 51 valence electrons. The van der Waals surface area contributed by atoms with Crippen molar-refractivity contribution in [2.24, 2.45) is 0 Å². The third-order valence-electron chi connectivity index (χ3n) is 1.49. The summed E-state index contributed by atoms with van der Waals surface area (Å²) in [6.07, 6.45) is 4.24. The second-order valence-corrected chi connectivity index (χ2v) is 1.94. The van der Waals surface area contributed by atoms with Crippen molar-refractivity contribution in [2.75, 3.05) is 0 Å². The van der Waals surface area contributed by atoms with E-state index in [9.17, 15) is 0 Å². The van der Waals surface area contributed by atoms with Crippen LogP contribution in [-0.2, 0) is 32.7 Å². The first-order chi connectivity index (χ1) is 3.72. The molecule has 1 radical (unpaired) electrons. The van der Waals surface area contributed by atoms with Crippen LogP contribution in [0, 0.1) is 12.8 Å². The van der Waals surface area contributed by atoms with Gasteiger partial charge in [-0.05, 0) is 0 Å². The molecule has 0 aliphatic rings. The van der Waals surface area contributed by atoms with Crippen LogP contribution in [0.25, 0.3) is 0 Å². The molecule has 0 N–H and O–H groups in total. The molecule has 0 heterocycles. The van der Waals surface area contributed by atoms with Crippen LogP contribution in [-0.4, -0.2) is 0 Å². The summed E-state index contributed by atoms with van der Waals surface area (Å²) in [4.78, 5) is 0. The number of allylic oxidation sites excluding steroid dienone is 2. The van der Waals surface area contributed by atoms with Crippen molar-refractivity contribution in [3.05, 3.63) is 24.0 Å². The molecule has 0 rings (SSSR count). The molecule has 0 aromatic rings. The Morgan fingerprint density at radius 3 is 1.22 bits per heavy atom. The summed E-state index contributed by atoms with van der Waals surface area (Å²) in [7, 11) is 0. The van der Waals surface area contributed by atoms with Gasteiger partial charge in [-0.1, -0.05) is 0 Å². The third-order valence-corrected chi connectivity index (χ3v) is 1.49. The molecule has 0 spiro atoms. The van der Waals surface area contributed by atoms with Crippen LogP contribution < -0.4 is 0 Å². The van der Waals surface area contributed by atoms with Gasteiger partial charge in [0.2, 0.25) is 0 Å². The van der Waals surface area contributed by atoms with Gasteiger partial charge in [-0.2, -0.15) is 0 Å². The Morgan fingerprint density at radius 1 is 0.889 bits per heavy atom. The van der Waals surface area contributed by atoms with E-state index >= 15 is 0 Å². The molecule has 0 amide bonds. The Hall–Kier alpha value is 0.584. The van der Waals surface area contributed by atoms with Crippen LogP contribution in [0.4, 0.5) is 0 Å². The zero-order chi connectivity index (χ0) is 6.57. The molecule has 0 bridgehead atoms. The van der Waals surface area contributed by atoms with Gasteiger partial charge in [0.05, 0.1) is 0 Å². The standard InChI is InChI=1S/C8H14.Y/c1-5-7(3)8(4)6-2;/h5-6H,1-4H3;/q-2;/b8-7-;. The van der Waals surface area contributed by atoms with Crippen molar-refractivity contribution in [3.8, 4) is 0 Å². The van der Waals surface area contributed by atoms with Crippen molar-refractivity contribution in [3.63, 3.8) is 0 Å². The number of rotatable bonds is 2. The summed E-state index contributed by atoms with van der Waals surface area (Å²) in [6.45, 7) is 8.36. The summed E-state index contributed by atoms with van der Waals surface area (Å²) in [5.41, 5.74) is 2.74. The minimum absolute atomic E-state index is 0. The first-order valence-electron chi connectivity index (χ1n) is 2.98. The fourth-order valence-corrected chi connectivity index (χ4v) is 0.455. The van der Waals surface area contributed by atoms with E-state index in [1.165, 1.54) is 11.1 Å². The molecule has 0 aromatic carbocycles. The monoisotopic (exact) mass is 199 g/mol. The van der Waals surface area contributed by atoms with Crippen LogP contribution in [0.15, 0.2) is 11.1 Å². The zero-order valence-corrected chi connectivity index (χ0v) is 9.57. The van der Waals surface area contributed by atoms with Crippen molar-refractivity contribution in [1.82, 2.24) is 0 Å². The van der Waals surface area contributed by atoms with E-state index < -0.39 is 0 Å². The predicted molar refractivity (Wildman–Crippen MR) is 38.3 cm³/mol. The maximum Gasteiger partial charge on any atom is 0 e. The molecule has 0 aliphatic carbocycles. The van der Waals surface area contributed by atoms with E-state index in [-0.39, 0.29) is 32.7 Å². The smallest absolute Gasteiger partial charge is 0 e. The average Bonchev–Trinajstić information content (AvgIpc) is 1.84. The van der Waals surface area contributed by atoms with E-state index in [2.05, 4.69) is 40.5 Å². The van der Waals surface area contributed by atoms with Gasteiger partial charge in [0.1, 0.15) is 0 Å². The van der Waals surface area contributed by atoms with Crippen LogP contribution in [0.3, 0.4) is 0 Å². The van der Waals surface area contributed by atoms with Gasteiger partial charge in [-0.15, -0.1) is 27.7 Å². The Balaban J connectivity index is 0. The number of hydrogen-bond donors (Lipinski definition) is 0. The quantitative estimate of drug-likeness (QED) is 0.600. The fourth-order valence-electron chi connectivity index (χ4n) is 0.455. The third kappa shape index (κ3) is 5.05. The fraction of sp³-hybridized carbons (Fsp3) is 0.500. The maximum absolute atomic E-state index is 2.12. The van der Waals surface area contributed by atoms with Crippen molar-refractivity contribution in [1.29, 1.82) is 0 Å². The Labute approximate surface area is 84.0 Å². The van der Waals surface area contributed by atoms with E-state index in [0.717, 1.165) is 0 Å². The normalized spacial score (nSPS) is 11.1. The minimum atomic E-state index is 0. The minimum Gasteiger partial charge on any atom is -0.364 e. The van der Waals surface area contributed by atoms with Gasteiger partial charge >= 0.3 is 0 Å².